The van der Waals surface area contributed by atoms with Crippen molar-refractivity contribution in [3.05, 3.63) is 64.5 Å². The minimum atomic E-state index is -0.529. The lowest BCUT2D eigenvalue weighted by molar-refractivity contribution is 0.0231. The molecular formula is C25H26BrN3O2. The third kappa shape index (κ3) is 4.26. The molecule has 1 aliphatic carbocycles. The second-order valence-corrected chi connectivity index (χ2v) is 10.4. The van der Waals surface area contributed by atoms with Crippen LogP contribution in [0.4, 0.5) is 4.79 Å². The van der Waals surface area contributed by atoms with E-state index in [9.17, 15) is 4.79 Å². The number of halogens is 1. The Hall–Kier alpha value is -2.60. The van der Waals surface area contributed by atoms with Gasteiger partial charge in [-0.1, -0.05) is 40.2 Å². The molecule has 3 aromatic rings. The Morgan fingerprint density at radius 2 is 1.90 bits per heavy atom. The van der Waals surface area contributed by atoms with Crippen LogP contribution in [0.5, 0.6) is 0 Å². The number of ether oxygens (including phenoxy) is 1. The van der Waals surface area contributed by atoms with Crippen molar-refractivity contribution in [2.75, 3.05) is 6.54 Å². The topological polar surface area (TPSA) is 58.2 Å². The van der Waals surface area contributed by atoms with Gasteiger partial charge in [0, 0.05) is 16.6 Å². The first-order chi connectivity index (χ1) is 14.8. The lowest BCUT2D eigenvalue weighted by Gasteiger charge is -2.28. The summed E-state index contributed by atoms with van der Waals surface area (Å²) in [5.41, 5.74) is 2.81. The fourth-order valence-corrected chi connectivity index (χ4v) is 4.48. The lowest BCUT2D eigenvalue weighted by atomic mass is 10.1. The summed E-state index contributed by atoms with van der Waals surface area (Å²) in [5.74, 6) is 1.37. The van der Waals surface area contributed by atoms with Crippen molar-refractivity contribution < 1.29 is 9.53 Å². The maximum absolute atomic E-state index is 12.9. The first-order valence-electron chi connectivity index (χ1n) is 10.7. The molecule has 1 unspecified atom stereocenters. The Morgan fingerprint density at radius 3 is 2.65 bits per heavy atom. The summed E-state index contributed by atoms with van der Waals surface area (Å²) in [6.07, 6.45) is 6.17. The number of aromatic nitrogens is 2. The molecule has 1 atom stereocenters. The second-order valence-electron chi connectivity index (χ2n) is 9.46. The third-order valence-corrected chi connectivity index (χ3v) is 6.27. The van der Waals surface area contributed by atoms with Gasteiger partial charge in [-0.15, -0.1) is 0 Å². The van der Waals surface area contributed by atoms with E-state index in [1.54, 1.807) is 4.90 Å². The number of aromatic amines is 1. The number of H-pyrrole nitrogens is 1. The van der Waals surface area contributed by atoms with E-state index in [-0.39, 0.29) is 12.1 Å². The van der Waals surface area contributed by atoms with Crippen molar-refractivity contribution >= 4 is 32.8 Å². The molecule has 5 rings (SSSR count). The minimum absolute atomic E-state index is 0.226. The van der Waals surface area contributed by atoms with Gasteiger partial charge in [-0.3, -0.25) is 4.90 Å². The first-order valence-corrected chi connectivity index (χ1v) is 11.5. The Morgan fingerprint density at radius 1 is 1.16 bits per heavy atom. The number of nitrogens with zero attached hydrogens (tertiary/aromatic N) is 2. The smallest absolute Gasteiger partial charge is 0.411 e. The van der Waals surface area contributed by atoms with Gasteiger partial charge >= 0.3 is 6.09 Å². The zero-order valence-corrected chi connectivity index (χ0v) is 19.6. The Kier molecular flexibility index (Phi) is 4.93. The van der Waals surface area contributed by atoms with E-state index < -0.39 is 5.60 Å². The molecule has 160 valence electrons. The van der Waals surface area contributed by atoms with Crippen molar-refractivity contribution in [2.24, 2.45) is 5.92 Å². The summed E-state index contributed by atoms with van der Waals surface area (Å²) in [6, 6.07) is 12.4. The van der Waals surface area contributed by atoms with E-state index in [4.69, 9.17) is 4.74 Å². The van der Waals surface area contributed by atoms with Crippen LogP contribution in [0.3, 0.4) is 0 Å². The zero-order valence-electron chi connectivity index (χ0n) is 18.0. The Balaban J connectivity index is 1.45. The van der Waals surface area contributed by atoms with Crippen molar-refractivity contribution in [2.45, 2.75) is 45.3 Å². The number of hydrogen-bond acceptors (Lipinski definition) is 3. The van der Waals surface area contributed by atoms with E-state index >= 15 is 0 Å². The van der Waals surface area contributed by atoms with Crippen molar-refractivity contribution in [1.29, 1.82) is 0 Å². The predicted octanol–water partition coefficient (Wildman–Crippen LogP) is 6.62. The molecule has 0 saturated heterocycles. The number of rotatable bonds is 3. The van der Waals surface area contributed by atoms with Gasteiger partial charge < -0.3 is 9.72 Å². The van der Waals surface area contributed by atoms with Crippen LogP contribution in [-0.2, 0) is 4.74 Å². The molecular weight excluding hydrogens is 454 g/mol. The van der Waals surface area contributed by atoms with Crippen LogP contribution in [-0.4, -0.2) is 33.1 Å². The van der Waals surface area contributed by atoms with E-state index in [1.165, 1.54) is 29.2 Å². The molecule has 2 aliphatic rings. The monoisotopic (exact) mass is 479 g/mol. The number of fused-ring (bicyclic) bond motifs is 1. The molecule has 2 heterocycles. The molecule has 31 heavy (non-hydrogen) atoms. The van der Waals surface area contributed by atoms with Gasteiger partial charge in [0.05, 0.1) is 11.9 Å². The maximum Gasteiger partial charge on any atom is 0.411 e. The third-order valence-electron chi connectivity index (χ3n) is 5.78. The molecule has 1 saturated carbocycles. The highest BCUT2D eigenvalue weighted by Crippen LogP contribution is 2.43. The standard InChI is InChI=1S/C25H26BrN3O2/c1-25(2,3)31-24(30)29-14-19(15-4-5-15)12-22(29)23-27-13-21(28-23)18-7-6-17-11-20(26)9-8-16(17)10-18/h6-13,15,22H,4-5,14H2,1-3H3,(H,27,28). The molecule has 1 fully saturated rings. The van der Waals surface area contributed by atoms with Crippen LogP contribution in [0.25, 0.3) is 22.0 Å². The summed E-state index contributed by atoms with van der Waals surface area (Å²) >= 11 is 3.53. The van der Waals surface area contributed by atoms with Crippen LogP contribution < -0.4 is 0 Å². The first kappa shape index (κ1) is 20.3. The molecule has 1 amide bonds. The average Bonchev–Trinajstić information content (AvgIpc) is 3.26. The predicted molar refractivity (Wildman–Crippen MR) is 126 cm³/mol. The number of imidazole rings is 1. The highest BCUT2D eigenvalue weighted by molar-refractivity contribution is 9.10. The van der Waals surface area contributed by atoms with Crippen LogP contribution in [0.2, 0.25) is 0 Å². The number of nitrogens with one attached hydrogen (secondary N) is 1. The van der Waals surface area contributed by atoms with Crippen molar-refractivity contribution in [3.63, 3.8) is 0 Å². The zero-order chi connectivity index (χ0) is 21.8. The molecule has 0 spiro atoms. The Bertz CT molecular complexity index is 1190. The number of hydrogen-bond donors (Lipinski definition) is 1. The largest absolute Gasteiger partial charge is 0.444 e. The number of benzene rings is 2. The average molecular weight is 480 g/mol. The van der Waals surface area contributed by atoms with E-state index in [1.807, 2.05) is 33.0 Å². The normalized spacial score (nSPS) is 19.0. The summed E-state index contributed by atoms with van der Waals surface area (Å²) in [7, 11) is 0. The maximum atomic E-state index is 12.9. The van der Waals surface area contributed by atoms with Gasteiger partial charge in [-0.2, -0.15) is 0 Å². The van der Waals surface area contributed by atoms with Crippen LogP contribution in [0.1, 0.15) is 45.5 Å². The molecule has 5 nitrogen and oxygen atoms in total. The number of carbonyl (C=O) groups is 1. The number of carbonyl (C=O) groups excluding carboxylic acids is 1. The van der Waals surface area contributed by atoms with Gasteiger partial charge in [0.2, 0.25) is 0 Å². The fraction of sp³-hybridized carbons (Fsp3) is 0.360. The van der Waals surface area contributed by atoms with Gasteiger partial charge in [0.1, 0.15) is 17.5 Å². The Labute approximate surface area is 190 Å². The van der Waals surface area contributed by atoms with Gasteiger partial charge in [0.25, 0.3) is 0 Å². The molecule has 0 radical (unpaired) electrons. The molecule has 6 heteroatoms. The fourth-order valence-electron chi connectivity index (χ4n) is 4.10. The van der Waals surface area contributed by atoms with Gasteiger partial charge in [0.15, 0.2) is 0 Å². The van der Waals surface area contributed by atoms with Crippen LogP contribution >= 0.6 is 15.9 Å². The summed E-state index contributed by atoms with van der Waals surface area (Å²) in [5, 5.41) is 2.35. The van der Waals surface area contributed by atoms with Crippen molar-refractivity contribution in [3.8, 4) is 11.3 Å². The van der Waals surface area contributed by atoms with Crippen molar-refractivity contribution in [1.82, 2.24) is 14.9 Å². The SMILES string of the molecule is CC(C)(C)OC(=O)N1CC(C2CC2)=CC1c1ncc(-c2ccc3cc(Br)ccc3c2)[nH]1. The van der Waals surface area contributed by atoms with Gasteiger partial charge in [-0.25, -0.2) is 9.78 Å². The minimum Gasteiger partial charge on any atom is -0.444 e. The summed E-state index contributed by atoms with van der Waals surface area (Å²) in [6.45, 7) is 6.31. The number of amides is 1. The highest BCUT2D eigenvalue weighted by Gasteiger charge is 2.39. The van der Waals surface area contributed by atoms with E-state index in [2.05, 4.69) is 62.3 Å². The summed E-state index contributed by atoms with van der Waals surface area (Å²) in [4.78, 5) is 22.8. The molecule has 1 aliphatic heterocycles. The lowest BCUT2D eigenvalue weighted by Crippen LogP contribution is -2.37. The quantitative estimate of drug-likeness (QED) is 0.429. The van der Waals surface area contributed by atoms with E-state index in [0.29, 0.717) is 12.5 Å². The van der Waals surface area contributed by atoms with Crippen LogP contribution in [0.15, 0.2) is 58.7 Å². The molecule has 1 N–H and O–H groups in total. The second kappa shape index (κ2) is 7.52. The molecule has 1 aromatic heterocycles. The van der Waals surface area contributed by atoms with Crippen LogP contribution in [0, 0.1) is 5.92 Å². The van der Waals surface area contributed by atoms with E-state index in [0.717, 1.165) is 21.6 Å². The molecule has 0 bridgehead atoms. The summed E-state index contributed by atoms with van der Waals surface area (Å²) < 4.78 is 6.75. The van der Waals surface area contributed by atoms with Gasteiger partial charge in [-0.05, 0) is 74.1 Å². The highest BCUT2D eigenvalue weighted by atomic mass is 79.9. The molecule has 2 aromatic carbocycles.